The third kappa shape index (κ3) is 4.48. The molecule has 1 amide bonds. The van der Waals surface area contributed by atoms with Gasteiger partial charge in [-0.1, -0.05) is 42.5 Å². The zero-order valence-corrected chi connectivity index (χ0v) is 20.6. The summed E-state index contributed by atoms with van der Waals surface area (Å²) < 4.78 is 7.81. The SMILES string of the molecule is COc1ccccc1C(CC(=O)N1CCN(c2ccccc2C)CC1)c1cnc2c(C)cccn12. The number of amides is 1. The molecule has 4 aromatic rings. The van der Waals surface area contributed by atoms with Gasteiger partial charge in [0.2, 0.25) is 5.91 Å². The largest absolute Gasteiger partial charge is 0.496 e. The number of pyridine rings is 1. The van der Waals surface area contributed by atoms with Crippen molar-refractivity contribution >= 4 is 17.2 Å². The number of carbonyl (C=O) groups excluding carboxylic acids is 1. The number of anilines is 1. The van der Waals surface area contributed by atoms with Crippen molar-refractivity contribution in [2.45, 2.75) is 26.2 Å². The highest BCUT2D eigenvalue weighted by atomic mass is 16.5. The van der Waals surface area contributed by atoms with Gasteiger partial charge in [-0.3, -0.25) is 4.79 Å². The number of benzene rings is 2. The molecule has 1 saturated heterocycles. The summed E-state index contributed by atoms with van der Waals surface area (Å²) >= 11 is 0. The first-order valence-corrected chi connectivity index (χ1v) is 12.2. The molecule has 1 unspecified atom stereocenters. The number of methoxy groups -OCH3 is 1. The number of piperazine rings is 1. The Morgan fingerprint density at radius 1 is 0.943 bits per heavy atom. The second-order valence-electron chi connectivity index (χ2n) is 9.22. The Bertz CT molecular complexity index is 1340. The highest BCUT2D eigenvalue weighted by Crippen LogP contribution is 2.35. The van der Waals surface area contributed by atoms with Crippen LogP contribution in [0.1, 0.15) is 34.7 Å². The van der Waals surface area contributed by atoms with Gasteiger partial charge < -0.3 is 18.9 Å². The van der Waals surface area contributed by atoms with E-state index in [1.165, 1.54) is 11.3 Å². The van der Waals surface area contributed by atoms with Crippen LogP contribution in [0.4, 0.5) is 5.69 Å². The molecule has 35 heavy (non-hydrogen) atoms. The van der Waals surface area contributed by atoms with E-state index in [9.17, 15) is 4.79 Å². The molecule has 1 aliphatic rings. The zero-order chi connectivity index (χ0) is 24.4. The second-order valence-corrected chi connectivity index (χ2v) is 9.22. The first kappa shape index (κ1) is 23.0. The first-order chi connectivity index (χ1) is 17.1. The van der Waals surface area contributed by atoms with E-state index >= 15 is 0 Å². The van der Waals surface area contributed by atoms with E-state index in [1.807, 2.05) is 41.6 Å². The fraction of sp³-hybridized carbons (Fsp3) is 0.310. The molecule has 0 N–H and O–H groups in total. The molecule has 0 saturated carbocycles. The Hall–Kier alpha value is -3.80. The summed E-state index contributed by atoms with van der Waals surface area (Å²) in [5, 5.41) is 0. The van der Waals surface area contributed by atoms with Gasteiger partial charge in [-0.05, 0) is 43.2 Å². The molecule has 2 aromatic heterocycles. The van der Waals surface area contributed by atoms with Crippen molar-refractivity contribution in [2.75, 3.05) is 38.2 Å². The third-order valence-electron chi connectivity index (χ3n) is 7.10. The molecular formula is C29H32N4O2. The number of ether oxygens (including phenoxy) is 1. The van der Waals surface area contributed by atoms with Crippen LogP contribution >= 0.6 is 0 Å². The van der Waals surface area contributed by atoms with E-state index in [-0.39, 0.29) is 11.8 Å². The number of imidazole rings is 1. The van der Waals surface area contributed by atoms with E-state index < -0.39 is 0 Å². The molecule has 2 aromatic carbocycles. The van der Waals surface area contributed by atoms with Gasteiger partial charge in [0, 0.05) is 62.2 Å². The first-order valence-electron chi connectivity index (χ1n) is 12.2. The molecule has 0 spiro atoms. The monoisotopic (exact) mass is 468 g/mol. The van der Waals surface area contributed by atoms with Crippen LogP contribution in [0.3, 0.4) is 0 Å². The van der Waals surface area contributed by atoms with E-state index in [2.05, 4.69) is 64.5 Å². The lowest BCUT2D eigenvalue weighted by Gasteiger charge is -2.37. The highest BCUT2D eigenvalue weighted by molar-refractivity contribution is 5.78. The maximum atomic E-state index is 13.6. The summed E-state index contributed by atoms with van der Waals surface area (Å²) in [6, 6.07) is 20.5. The molecule has 0 radical (unpaired) electrons. The minimum Gasteiger partial charge on any atom is -0.496 e. The van der Waals surface area contributed by atoms with Gasteiger partial charge in [0.25, 0.3) is 0 Å². The number of nitrogens with zero attached hydrogens (tertiary/aromatic N) is 4. The second kappa shape index (κ2) is 9.82. The predicted octanol–water partition coefficient (Wildman–Crippen LogP) is 4.83. The molecule has 6 nitrogen and oxygen atoms in total. The van der Waals surface area contributed by atoms with Crippen molar-refractivity contribution in [3.63, 3.8) is 0 Å². The number of para-hydroxylation sites is 2. The molecule has 1 aliphatic heterocycles. The van der Waals surface area contributed by atoms with Gasteiger partial charge >= 0.3 is 0 Å². The van der Waals surface area contributed by atoms with Crippen LogP contribution in [0.2, 0.25) is 0 Å². The van der Waals surface area contributed by atoms with Gasteiger partial charge in [0.05, 0.1) is 12.8 Å². The fourth-order valence-corrected chi connectivity index (χ4v) is 5.18. The minimum absolute atomic E-state index is 0.160. The topological polar surface area (TPSA) is 50.1 Å². The molecule has 0 aliphatic carbocycles. The quantitative estimate of drug-likeness (QED) is 0.407. The van der Waals surface area contributed by atoms with Crippen LogP contribution in [0.15, 0.2) is 73.1 Å². The van der Waals surface area contributed by atoms with Crippen molar-refractivity contribution in [3.8, 4) is 5.75 Å². The van der Waals surface area contributed by atoms with Crippen molar-refractivity contribution in [3.05, 3.63) is 95.4 Å². The van der Waals surface area contributed by atoms with Gasteiger partial charge in [-0.25, -0.2) is 4.98 Å². The molecule has 5 rings (SSSR count). The Labute approximate surface area is 206 Å². The fourth-order valence-electron chi connectivity index (χ4n) is 5.18. The normalized spacial score (nSPS) is 14.8. The third-order valence-corrected chi connectivity index (χ3v) is 7.10. The Balaban J connectivity index is 1.41. The smallest absolute Gasteiger partial charge is 0.223 e. The lowest BCUT2D eigenvalue weighted by atomic mass is 9.91. The van der Waals surface area contributed by atoms with E-state index in [0.717, 1.165) is 54.4 Å². The van der Waals surface area contributed by atoms with E-state index in [4.69, 9.17) is 4.74 Å². The number of aryl methyl sites for hydroxylation is 2. The average Bonchev–Trinajstić information content (AvgIpc) is 3.33. The van der Waals surface area contributed by atoms with Gasteiger partial charge in [-0.2, -0.15) is 0 Å². The lowest BCUT2D eigenvalue weighted by Crippen LogP contribution is -2.49. The Kier molecular flexibility index (Phi) is 6.45. The number of hydrogen-bond acceptors (Lipinski definition) is 4. The van der Waals surface area contributed by atoms with Gasteiger partial charge in [-0.15, -0.1) is 0 Å². The summed E-state index contributed by atoms with van der Waals surface area (Å²) in [5.74, 6) is 0.787. The van der Waals surface area contributed by atoms with Gasteiger partial charge in [0.15, 0.2) is 0 Å². The summed E-state index contributed by atoms with van der Waals surface area (Å²) in [4.78, 5) is 22.7. The molecule has 180 valence electrons. The van der Waals surface area contributed by atoms with Crippen molar-refractivity contribution < 1.29 is 9.53 Å². The number of fused-ring (bicyclic) bond motifs is 1. The minimum atomic E-state index is -0.162. The summed E-state index contributed by atoms with van der Waals surface area (Å²) in [6.45, 7) is 7.32. The number of carbonyl (C=O) groups is 1. The molecule has 0 bridgehead atoms. The standard InChI is InChI=1S/C29H32N4O2/c1-21-9-4-6-12-25(21)31-15-17-32(18-16-31)28(34)19-24(23-11-5-7-13-27(23)35-3)26-20-30-29-22(2)10-8-14-33(26)29/h4-14,20,24H,15-19H2,1-3H3. The Morgan fingerprint density at radius 2 is 1.66 bits per heavy atom. The number of hydrogen-bond donors (Lipinski definition) is 0. The summed E-state index contributed by atoms with van der Waals surface area (Å²) in [5.41, 5.74) is 6.56. The van der Waals surface area contributed by atoms with Crippen LogP contribution in [0.5, 0.6) is 5.75 Å². The zero-order valence-electron chi connectivity index (χ0n) is 20.6. The molecule has 1 atom stereocenters. The van der Waals surface area contributed by atoms with Crippen LogP contribution in [-0.2, 0) is 4.79 Å². The average molecular weight is 469 g/mol. The number of rotatable bonds is 6. The molecule has 6 heteroatoms. The highest BCUT2D eigenvalue weighted by Gasteiger charge is 2.29. The maximum absolute atomic E-state index is 13.6. The van der Waals surface area contributed by atoms with E-state index in [0.29, 0.717) is 6.42 Å². The van der Waals surface area contributed by atoms with E-state index in [1.54, 1.807) is 7.11 Å². The van der Waals surface area contributed by atoms with Crippen molar-refractivity contribution in [1.82, 2.24) is 14.3 Å². The Morgan fingerprint density at radius 3 is 2.43 bits per heavy atom. The van der Waals surface area contributed by atoms with Crippen molar-refractivity contribution in [2.24, 2.45) is 0 Å². The van der Waals surface area contributed by atoms with Gasteiger partial charge in [0.1, 0.15) is 11.4 Å². The molecule has 1 fully saturated rings. The molecule has 3 heterocycles. The summed E-state index contributed by atoms with van der Waals surface area (Å²) in [6.07, 6.45) is 4.30. The van der Waals surface area contributed by atoms with Crippen LogP contribution < -0.4 is 9.64 Å². The van der Waals surface area contributed by atoms with Crippen molar-refractivity contribution in [1.29, 1.82) is 0 Å². The summed E-state index contributed by atoms with van der Waals surface area (Å²) in [7, 11) is 1.68. The van der Waals surface area contributed by atoms with Crippen LogP contribution in [0.25, 0.3) is 5.65 Å². The predicted molar refractivity (Wildman–Crippen MR) is 139 cm³/mol. The lowest BCUT2D eigenvalue weighted by molar-refractivity contribution is -0.131. The van der Waals surface area contributed by atoms with Crippen LogP contribution in [-0.4, -0.2) is 53.5 Å². The maximum Gasteiger partial charge on any atom is 0.223 e. The number of aromatic nitrogens is 2. The van der Waals surface area contributed by atoms with Crippen LogP contribution in [0, 0.1) is 13.8 Å². The molecular weight excluding hydrogens is 436 g/mol.